The van der Waals surface area contributed by atoms with E-state index in [2.05, 4.69) is 54.7 Å². The van der Waals surface area contributed by atoms with Crippen molar-refractivity contribution in [2.45, 2.75) is 39.8 Å². The number of nitrogens with one attached hydrogen (secondary N) is 2. The summed E-state index contributed by atoms with van der Waals surface area (Å²) in [5.41, 5.74) is 2.55. The third-order valence-corrected chi connectivity index (χ3v) is 3.69. The Morgan fingerprint density at radius 3 is 2.81 bits per heavy atom. The summed E-state index contributed by atoms with van der Waals surface area (Å²) in [5, 5.41) is 11.4. The summed E-state index contributed by atoms with van der Waals surface area (Å²) >= 11 is 5.27. The Morgan fingerprint density at radius 2 is 2.10 bits per heavy atom. The predicted octanol–water partition coefficient (Wildman–Crippen LogP) is 3.32. The van der Waals surface area contributed by atoms with E-state index in [0.717, 1.165) is 18.8 Å². The second-order valence-electron chi connectivity index (χ2n) is 5.23. The monoisotopic (exact) mass is 302 g/mol. The number of aryl methyl sites for hydroxylation is 1. The molecule has 112 valence electrons. The Morgan fingerprint density at radius 1 is 1.33 bits per heavy atom. The Bertz CT molecular complexity index is 606. The van der Waals surface area contributed by atoms with Gasteiger partial charge in [0, 0.05) is 18.3 Å². The van der Waals surface area contributed by atoms with Crippen LogP contribution in [-0.2, 0) is 6.54 Å². The minimum atomic E-state index is 0.360. The van der Waals surface area contributed by atoms with Crippen molar-refractivity contribution in [2.24, 2.45) is 0 Å². The second kappa shape index (κ2) is 7.22. The highest BCUT2D eigenvalue weighted by Crippen LogP contribution is 2.10. The van der Waals surface area contributed by atoms with Crippen LogP contribution in [0.2, 0.25) is 0 Å². The van der Waals surface area contributed by atoms with E-state index in [9.17, 15) is 0 Å². The third-order valence-electron chi connectivity index (χ3n) is 3.47. The van der Waals surface area contributed by atoms with Gasteiger partial charge >= 0.3 is 0 Å². The van der Waals surface area contributed by atoms with Gasteiger partial charge in [-0.2, -0.15) is 5.10 Å². The minimum absolute atomic E-state index is 0.360. The third kappa shape index (κ3) is 4.56. The summed E-state index contributed by atoms with van der Waals surface area (Å²) < 4.78 is 1.91. The van der Waals surface area contributed by atoms with Gasteiger partial charge in [0.15, 0.2) is 10.9 Å². The van der Waals surface area contributed by atoms with E-state index >= 15 is 0 Å². The SMILES string of the molecule is CCC(C)NC(=S)Nc1ccn(Cc2ccccc2C)n1. The molecule has 1 aromatic carbocycles. The van der Waals surface area contributed by atoms with Crippen LogP contribution in [0, 0.1) is 6.92 Å². The lowest BCUT2D eigenvalue weighted by atomic mass is 10.1. The molecule has 1 atom stereocenters. The molecule has 4 nitrogen and oxygen atoms in total. The Labute approximate surface area is 131 Å². The van der Waals surface area contributed by atoms with Crippen molar-refractivity contribution in [3.8, 4) is 0 Å². The molecule has 0 amide bonds. The zero-order chi connectivity index (χ0) is 15.2. The van der Waals surface area contributed by atoms with Crippen LogP contribution in [0.5, 0.6) is 0 Å². The van der Waals surface area contributed by atoms with Gasteiger partial charge < -0.3 is 10.6 Å². The molecule has 0 spiro atoms. The topological polar surface area (TPSA) is 41.9 Å². The molecular formula is C16H22N4S. The maximum Gasteiger partial charge on any atom is 0.172 e. The van der Waals surface area contributed by atoms with E-state index in [1.165, 1.54) is 11.1 Å². The molecule has 2 N–H and O–H groups in total. The van der Waals surface area contributed by atoms with Crippen LogP contribution in [0.4, 0.5) is 5.82 Å². The maximum atomic E-state index is 5.27. The number of rotatable bonds is 5. The minimum Gasteiger partial charge on any atom is -0.360 e. The number of thiocarbonyl (C=S) groups is 1. The molecule has 1 heterocycles. The molecule has 1 aromatic heterocycles. The van der Waals surface area contributed by atoms with E-state index in [-0.39, 0.29) is 0 Å². The average Bonchev–Trinajstić information content (AvgIpc) is 2.88. The van der Waals surface area contributed by atoms with Crippen LogP contribution in [0.15, 0.2) is 36.5 Å². The van der Waals surface area contributed by atoms with Gasteiger partial charge in [0.1, 0.15) is 0 Å². The van der Waals surface area contributed by atoms with Crippen LogP contribution < -0.4 is 10.6 Å². The Hall–Kier alpha value is -1.88. The van der Waals surface area contributed by atoms with Crippen LogP contribution >= 0.6 is 12.2 Å². The molecular weight excluding hydrogens is 280 g/mol. The van der Waals surface area contributed by atoms with E-state index in [0.29, 0.717) is 11.2 Å². The maximum absolute atomic E-state index is 5.27. The highest BCUT2D eigenvalue weighted by molar-refractivity contribution is 7.80. The second-order valence-corrected chi connectivity index (χ2v) is 5.64. The zero-order valence-electron chi connectivity index (χ0n) is 12.8. The van der Waals surface area contributed by atoms with Gasteiger partial charge in [-0.25, -0.2) is 0 Å². The molecule has 2 rings (SSSR count). The first-order valence-corrected chi connectivity index (χ1v) is 7.64. The fourth-order valence-electron chi connectivity index (χ4n) is 1.96. The molecule has 0 aliphatic rings. The zero-order valence-corrected chi connectivity index (χ0v) is 13.6. The summed E-state index contributed by atoms with van der Waals surface area (Å²) in [6.45, 7) is 7.10. The highest BCUT2D eigenvalue weighted by Gasteiger charge is 2.05. The van der Waals surface area contributed by atoms with Crippen LogP contribution in [0.3, 0.4) is 0 Å². The lowest BCUT2D eigenvalue weighted by Crippen LogP contribution is -2.35. The van der Waals surface area contributed by atoms with Crippen molar-refractivity contribution in [2.75, 3.05) is 5.32 Å². The molecule has 0 aliphatic heterocycles. The summed E-state index contributed by atoms with van der Waals surface area (Å²) in [6.07, 6.45) is 2.99. The molecule has 5 heteroatoms. The van der Waals surface area contributed by atoms with Crippen LogP contribution in [0.25, 0.3) is 0 Å². The van der Waals surface area contributed by atoms with Crippen molar-refractivity contribution in [1.29, 1.82) is 0 Å². The van der Waals surface area contributed by atoms with Crippen LogP contribution in [0.1, 0.15) is 31.4 Å². The first-order chi connectivity index (χ1) is 10.1. The Balaban J connectivity index is 1.96. The number of nitrogens with zero attached hydrogens (tertiary/aromatic N) is 2. The van der Waals surface area contributed by atoms with Crippen molar-refractivity contribution in [1.82, 2.24) is 15.1 Å². The molecule has 0 aliphatic carbocycles. The lowest BCUT2D eigenvalue weighted by Gasteiger charge is -2.13. The fourth-order valence-corrected chi connectivity index (χ4v) is 2.26. The van der Waals surface area contributed by atoms with Gasteiger partial charge in [-0.15, -0.1) is 0 Å². The number of benzene rings is 1. The van der Waals surface area contributed by atoms with Gasteiger partial charge in [0.25, 0.3) is 0 Å². The summed E-state index contributed by atoms with van der Waals surface area (Å²) in [5.74, 6) is 0.768. The number of aromatic nitrogens is 2. The molecule has 0 bridgehead atoms. The number of anilines is 1. The Kier molecular flexibility index (Phi) is 5.33. The quantitative estimate of drug-likeness (QED) is 0.831. The molecule has 21 heavy (non-hydrogen) atoms. The van der Waals surface area contributed by atoms with E-state index in [1.54, 1.807) is 0 Å². The molecule has 0 saturated carbocycles. The largest absolute Gasteiger partial charge is 0.360 e. The smallest absolute Gasteiger partial charge is 0.172 e. The average molecular weight is 302 g/mol. The first-order valence-electron chi connectivity index (χ1n) is 7.24. The first kappa shape index (κ1) is 15.5. The van der Waals surface area contributed by atoms with Gasteiger partial charge in [-0.1, -0.05) is 31.2 Å². The van der Waals surface area contributed by atoms with Crippen molar-refractivity contribution < 1.29 is 0 Å². The standard InChI is InChI=1S/C16H22N4S/c1-4-13(3)17-16(21)18-15-9-10-20(19-15)11-14-8-6-5-7-12(14)2/h5-10,13H,4,11H2,1-3H3,(H2,17,18,19,21). The summed E-state index contributed by atoms with van der Waals surface area (Å²) in [7, 11) is 0. The van der Waals surface area contributed by atoms with Gasteiger partial charge in [-0.3, -0.25) is 4.68 Å². The van der Waals surface area contributed by atoms with E-state index in [4.69, 9.17) is 12.2 Å². The van der Waals surface area contributed by atoms with E-state index < -0.39 is 0 Å². The van der Waals surface area contributed by atoms with Crippen molar-refractivity contribution in [3.05, 3.63) is 47.7 Å². The molecule has 0 fully saturated rings. The van der Waals surface area contributed by atoms with Crippen molar-refractivity contribution >= 4 is 23.1 Å². The number of hydrogen-bond acceptors (Lipinski definition) is 2. The van der Waals surface area contributed by atoms with Gasteiger partial charge in [0.2, 0.25) is 0 Å². The molecule has 1 unspecified atom stereocenters. The predicted molar refractivity (Wildman–Crippen MR) is 91.6 cm³/mol. The molecule has 0 radical (unpaired) electrons. The van der Waals surface area contributed by atoms with Crippen molar-refractivity contribution in [3.63, 3.8) is 0 Å². The fraction of sp³-hybridized carbons (Fsp3) is 0.375. The van der Waals surface area contributed by atoms with E-state index in [1.807, 2.05) is 23.0 Å². The van der Waals surface area contributed by atoms with Crippen LogP contribution in [-0.4, -0.2) is 20.9 Å². The summed E-state index contributed by atoms with van der Waals surface area (Å²) in [4.78, 5) is 0. The van der Waals surface area contributed by atoms with Gasteiger partial charge in [0.05, 0.1) is 6.54 Å². The highest BCUT2D eigenvalue weighted by atomic mass is 32.1. The normalized spacial score (nSPS) is 12.0. The van der Waals surface area contributed by atoms with Gasteiger partial charge in [-0.05, 0) is 43.6 Å². The summed E-state index contributed by atoms with van der Waals surface area (Å²) in [6, 6.07) is 10.6. The lowest BCUT2D eigenvalue weighted by molar-refractivity contribution is 0.645. The number of hydrogen-bond donors (Lipinski definition) is 2. The molecule has 0 saturated heterocycles. The molecule has 2 aromatic rings.